The number of benzene rings is 1. The molecule has 1 aliphatic heterocycles. The maximum atomic E-state index is 10.4. The van der Waals surface area contributed by atoms with Gasteiger partial charge >= 0.3 is 0 Å². The molecule has 3 nitrogen and oxygen atoms in total. The molecule has 0 bridgehead atoms. The zero-order valence-electron chi connectivity index (χ0n) is 13.5. The van der Waals surface area contributed by atoms with Crippen LogP contribution in [0.5, 0.6) is 11.5 Å². The zero-order chi connectivity index (χ0) is 15.1. The van der Waals surface area contributed by atoms with Gasteiger partial charge in [0.2, 0.25) is 0 Å². The van der Waals surface area contributed by atoms with E-state index in [2.05, 4.69) is 13.8 Å². The fraction of sp³-hybridized carbons (Fsp3) is 0.647. The first kappa shape index (κ1) is 15.2. The van der Waals surface area contributed by atoms with Gasteiger partial charge in [-0.25, -0.2) is 0 Å². The summed E-state index contributed by atoms with van der Waals surface area (Å²) in [6.07, 6.45) is 2.03. The molecule has 0 unspecified atom stereocenters. The second kappa shape index (κ2) is 5.28. The number of phenols is 1. The first-order chi connectivity index (χ1) is 9.23. The number of hydrogen-bond acceptors (Lipinski definition) is 3. The van der Waals surface area contributed by atoms with Crippen LogP contribution in [0.3, 0.4) is 0 Å². The Kier molecular flexibility index (Phi) is 4.01. The Morgan fingerprint density at radius 2 is 1.90 bits per heavy atom. The van der Waals surface area contributed by atoms with E-state index in [0.29, 0.717) is 12.4 Å². The summed E-state index contributed by atoms with van der Waals surface area (Å²) < 4.78 is 11.9. The van der Waals surface area contributed by atoms with Gasteiger partial charge in [-0.2, -0.15) is 0 Å². The summed E-state index contributed by atoms with van der Waals surface area (Å²) in [4.78, 5) is 0. The van der Waals surface area contributed by atoms with E-state index in [-0.39, 0.29) is 11.7 Å². The Morgan fingerprint density at radius 3 is 2.50 bits per heavy atom. The Hall–Kier alpha value is -1.22. The summed E-state index contributed by atoms with van der Waals surface area (Å²) in [5, 5.41) is 10.4. The van der Waals surface area contributed by atoms with Crippen molar-refractivity contribution >= 4 is 0 Å². The molecule has 0 saturated heterocycles. The van der Waals surface area contributed by atoms with Crippen LogP contribution in [0.4, 0.5) is 0 Å². The maximum Gasteiger partial charge on any atom is 0.127 e. The van der Waals surface area contributed by atoms with Crippen molar-refractivity contribution in [1.29, 1.82) is 0 Å². The molecule has 20 heavy (non-hydrogen) atoms. The number of fused-ring (bicyclic) bond motifs is 1. The monoisotopic (exact) mass is 278 g/mol. The molecule has 1 aliphatic rings. The number of hydrogen-bond donors (Lipinski definition) is 1. The Morgan fingerprint density at radius 1 is 1.25 bits per heavy atom. The smallest absolute Gasteiger partial charge is 0.127 e. The quantitative estimate of drug-likeness (QED) is 0.907. The SMILES string of the molecule is Cc1c(C)c2c(c(COC(C)C)c1O)CCC(C)(C)O2. The first-order valence-corrected chi connectivity index (χ1v) is 7.37. The largest absolute Gasteiger partial charge is 0.507 e. The third kappa shape index (κ3) is 2.78. The third-order valence-electron chi connectivity index (χ3n) is 4.10. The highest BCUT2D eigenvalue weighted by atomic mass is 16.5. The Labute approximate surface area is 121 Å². The molecular weight excluding hydrogens is 252 g/mol. The molecule has 112 valence electrons. The lowest BCUT2D eigenvalue weighted by molar-refractivity contribution is 0.0592. The third-order valence-corrected chi connectivity index (χ3v) is 4.10. The van der Waals surface area contributed by atoms with Crippen molar-refractivity contribution in [1.82, 2.24) is 0 Å². The lowest BCUT2D eigenvalue weighted by Crippen LogP contribution is -2.33. The van der Waals surface area contributed by atoms with E-state index in [1.807, 2.05) is 27.7 Å². The van der Waals surface area contributed by atoms with Gasteiger partial charge < -0.3 is 14.6 Å². The zero-order valence-corrected chi connectivity index (χ0v) is 13.5. The van der Waals surface area contributed by atoms with Crippen LogP contribution < -0.4 is 4.74 Å². The number of phenolic OH excluding ortho intramolecular Hbond substituents is 1. The predicted octanol–water partition coefficient (Wildman–Crippen LogP) is 4.04. The van der Waals surface area contributed by atoms with Crippen molar-refractivity contribution in [3.05, 3.63) is 22.3 Å². The maximum absolute atomic E-state index is 10.4. The summed E-state index contributed by atoms with van der Waals surface area (Å²) >= 11 is 0. The molecule has 0 spiro atoms. The van der Waals surface area contributed by atoms with Gasteiger partial charge in [0.1, 0.15) is 17.1 Å². The molecular formula is C17H26O3. The molecule has 0 atom stereocenters. The van der Waals surface area contributed by atoms with Gasteiger partial charge in [-0.1, -0.05) is 0 Å². The van der Waals surface area contributed by atoms with E-state index in [4.69, 9.17) is 9.47 Å². The topological polar surface area (TPSA) is 38.7 Å². The Bertz CT molecular complexity index is 516. The minimum atomic E-state index is -0.142. The molecule has 0 radical (unpaired) electrons. The average molecular weight is 278 g/mol. The fourth-order valence-corrected chi connectivity index (χ4v) is 2.64. The fourth-order valence-electron chi connectivity index (χ4n) is 2.64. The molecule has 1 N–H and O–H groups in total. The van der Waals surface area contributed by atoms with Crippen LogP contribution in [0.1, 0.15) is 56.4 Å². The van der Waals surface area contributed by atoms with Crippen molar-refractivity contribution in [2.24, 2.45) is 0 Å². The Balaban J connectivity index is 2.50. The molecule has 0 fully saturated rings. The van der Waals surface area contributed by atoms with Gasteiger partial charge in [0, 0.05) is 11.1 Å². The van der Waals surface area contributed by atoms with Crippen molar-refractivity contribution in [2.75, 3.05) is 0 Å². The van der Waals surface area contributed by atoms with Crippen LogP contribution in [0.2, 0.25) is 0 Å². The lowest BCUT2D eigenvalue weighted by Gasteiger charge is -2.35. The van der Waals surface area contributed by atoms with Crippen LogP contribution in [-0.2, 0) is 17.8 Å². The normalized spacial score (nSPS) is 16.9. The summed E-state index contributed by atoms with van der Waals surface area (Å²) in [5.74, 6) is 1.31. The minimum Gasteiger partial charge on any atom is -0.507 e. The van der Waals surface area contributed by atoms with Crippen LogP contribution in [-0.4, -0.2) is 16.8 Å². The van der Waals surface area contributed by atoms with Crippen molar-refractivity contribution in [3.63, 3.8) is 0 Å². The highest BCUT2D eigenvalue weighted by Gasteiger charge is 2.31. The van der Waals surface area contributed by atoms with Crippen LogP contribution in [0, 0.1) is 13.8 Å². The highest BCUT2D eigenvalue weighted by Crippen LogP contribution is 2.43. The van der Waals surface area contributed by atoms with Gasteiger partial charge in [0.15, 0.2) is 0 Å². The summed E-state index contributed by atoms with van der Waals surface area (Å²) in [7, 11) is 0. The van der Waals surface area contributed by atoms with Crippen LogP contribution >= 0.6 is 0 Å². The van der Waals surface area contributed by atoms with E-state index in [9.17, 15) is 5.11 Å². The second-order valence-corrected chi connectivity index (χ2v) is 6.61. The van der Waals surface area contributed by atoms with Crippen molar-refractivity contribution in [3.8, 4) is 11.5 Å². The molecule has 1 aromatic rings. The predicted molar refractivity (Wildman–Crippen MR) is 80.5 cm³/mol. The molecule has 0 aliphatic carbocycles. The number of aromatic hydroxyl groups is 1. The van der Waals surface area contributed by atoms with Crippen LogP contribution in [0.15, 0.2) is 0 Å². The van der Waals surface area contributed by atoms with E-state index in [1.165, 1.54) is 0 Å². The van der Waals surface area contributed by atoms with Crippen molar-refractivity contribution < 1.29 is 14.6 Å². The van der Waals surface area contributed by atoms with Gasteiger partial charge in [0.05, 0.1) is 12.7 Å². The summed E-state index contributed by atoms with van der Waals surface area (Å²) in [5.41, 5.74) is 3.80. The van der Waals surface area contributed by atoms with Gasteiger partial charge in [-0.15, -0.1) is 0 Å². The molecule has 0 saturated carbocycles. The second-order valence-electron chi connectivity index (χ2n) is 6.61. The van der Waals surface area contributed by atoms with Crippen LogP contribution in [0.25, 0.3) is 0 Å². The molecule has 3 heteroatoms. The highest BCUT2D eigenvalue weighted by molar-refractivity contribution is 5.58. The van der Waals surface area contributed by atoms with Gasteiger partial charge in [0.25, 0.3) is 0 Å². The molecule has 2 rings (SSSR count). The van der Waals surface area contributed by atoms with Crippen molar-refractivity contribution in [2.45, 2.75) is 72.7 Å². The van der Waals surface area contributed by atoms with Gasteiger partial charge in [-0.05, 0) is 65.5 Å². The standard InChI is InChI=1S/C17H26O3/c1-10(2)19-9-14-13-7-8-17(5,6)20-16(13)12(4)11(3)15(14)18/h10,18H,7-9H2,1-6H3. The summed E-state index contributed by atoms with van der Waals surface area (Å²) in [6.45, 7) is 12.6. The van der Waals surface area contributed by atoms with E-state index in [0.717, 1.165) is 40.8 Å². The molecule has 0 aromatic heterocycles. The minimum absolute atomic E-state index is 0.142. The lowest BCUT2D eigenvalue weighted by atomic mass is 9.87. The van der Waals surface area contributed by atoms with E-state index in [1.54, 1.807) is 0 Å². The molecule has 1 heterocycles. The molecule has 0 amide bonds. The average Bonchev–Trinajstić information content (AvgIpc) is 2.36. The molecule has 1 aromatic carbocycles. The van der Waals surface area contributed by atoms with Gasteiger partial charge in [-0.3, -0.25) is 0 Å². The number of ether oxygens (including phenoxy) is 2. The van der Waals surface area contributed by atoms with E-state index >= 15 is 0 Å². The first-order valence-electron chi connectivity index (χ1n) is 7.37. The summed E-state index contributed by atoms with van der Waals surface area (Å²) in [6, 6.07) is 0. The van der Waals surface area contributed by atoms with E-state index < -0.39 is 0 Å². The number of rotatable bonds is 3.